The molecule has 0 saturated carbocycles. The molecule has 0 aliphatic heterocycles. The van der Waals surface area contributed by atoms with Gasteiger partial charge in [0.1, 0.15) is 0 Å². The molecule has 4 nitrogen and oxygen atoms in total. The number of hydrogen-bond donors (Lipinski definition) is 0. The molecule has 21 heavy (non-hydrogen) atoms. The van der Waals surface area contributed by atoms with Gasteiger partial charge in [0.2, 0.25) is 0 Å². The summed E-state index contributed by atoms with van der Waals surface area (Å²) < 4.78 is 6.59. The number of hydrogen-bond acceptors (Lipinski definition) is 3. The van der Waals surface area contributed by atoms with E-state index in [0.717, 1.165) is 11.3 Å². The predicted octanol–water partition coefficient (Wildman–Crippen LogP) is 2.93. The van der Waals surface area contributed by atoms with E-state index in [-0.39, 0.29) is 11.1 Å². The number of aromatic nitrogens is 1. The average Bonchev–Trinajstić information content (AvgIpc) is 2.49. The topological polar surface area (TPSA) is 48.3 Å². The van der Waals surface area contributed by atoms with Crippen LogP contribution in [0.3, 0.4) is 0 Å². The van der Waals surface area contributed by atoms with Crippen molar-refractivity contribution in [2.45, 2.75) is 13.0 Å². The van der Waals surface area contributed by atoms with Crippen molar-refractivity contribution in [3.8, 4) is 11.3 Å². The van der Waals surface area contributed by atoms with Gasteiger partial charge in [0, 0.05) is 20.3 Å². The molecule has 2 rings (SSSR count). The second-order valence-electron chi connectivity index (χ2n) is 4.58. The Morgan fingerprint density at radius 3 is 2.52 bits per heavy atom. The van der Waals surface area contributed by atoms with E-state index in [1.807, 2.05) is 30.3 Å². The number of ether oxygens (including phenoxy) is 1. The summed E-state index contributed by atoms with van der Waals surface area (Å²) in [7, 11) is 1.61. The molecule has 0 aliphatic rings. The number of nitrogens with zero attached hydrogens (tertiary/aromatic N) is 1. The lowest BCUT2D eigenvalue weighted by molar-refractivity contribution is 0.107. The number of halogens is 1. The average molecular weight is 306 g/mol. The SMILES string of the molecule is COCCCn1c(-c2ccccc2)ccc(C(=O)Cl)c1=O. The number of methoxy groups -OCH3 is 1. The van der Waals surface area contributed by atoms with Crippen LogP contribution in [0.5, 0.6) is 0 Å². The molecule has 0 amide bonds. The second-order valence-corrected chi connectivity index (χ2v) is 4.92. The number of benzene rings is 1. The minimum Gasteiger partial charge on any atom is -0.385 e. The Morgan fingerprint density at radius 1 is 1.19 bits per heavy atom. The lowest BCUT2D eigenvalue weighted by Gasteiger charge is -2.14. The highest BCUT2D eigenvalue weighted by Crippen LogP contribution is 2.18. The van der Waals surface area contributed by atoms with Crippen molar-refractivity contribution in [3.63, 3.8) is 0 Å². The molecule has 0 radical (unpaired) electrons. The normalized spacial score (nSPS) is 10.6. The van der Waals surface area contributed by atoms with Gasteiger partial charge in [-0.2, -0.15) is 0 Å². The van der Waals surface area contributed by atoms with Crippen LogP contribution in [0.1, 0.15) is 16.8 Å². The highest BCUT2D eigenvalue weighted by atomic mass is 35.5. The third-order valence-corrected chi connectivity index (χ3v) is 3.39. The van der Waals surface area contributed by atoms with Crippen LogP contribution in [-0.2, 0) is 11.3 Å². The molecule has 110 valence electrons. The molecule has 1 aromatic carbocycles. The molecule has 5 heteroatoms. The van der Waals surface area contributed by atoms with Crippen molar-refractivity contribution in [1.29, 1.82) is 0 Å². The van der Waals surface area contributed by atoms with Gasteiger partial charge in [0.15, 0.2) is 0 Å². The lowest BCUT2D eigenvalue weighted by Crippen LogP contribution is -2.26. The Hall–Kier alpha value is -1.91. The highest BCUT2D eigenvalue weighted by Gasteiger charge is 2.14. The zero-order valence-corrected chi connectivity index (χ0v) is 12.5. The summed E-state index contributed by atoms with van der Waals surface area (Å²) in [5, 5.41) is -0.736. The number of rotatable bonds is 6. The van der Waals surface area contributed by atoms with Crippen LogP contribution >= 0.6 is 11.6 Å². The van der Waals surface area contributed by atoms with E-state index in [0.29, 0.717) is 19.6 Å². The summed E-state index contributed by atoms with van der Waals surface area (Å²) in [6.45, 7) is 1.01. The molecule has 1 heterocycles. The van der Waals surface area contributed by atoms with Gasteiger partial charge >= 0.3 is 0 Å². The first kappa shape index (κ1) is 15.5. The van der Waals surface area contributed by atoms with Crippen molar-refractivity contribution in [1.82, 2.24) is 4.57 Å². The highest BCUT2D eigenvalue weighted by molar-refractivity contribution is 6.67. The van der Waals surface area contributed by atoms with Crippen molar-refractivity contribution in [2.24, 2.45) is 0 Å². The molecule has 1 aromatic heterocycles. The molecular formula is C16H16ClNO3. The quantitative estimate of drug-likeness (QED) is 0.609. The maximum absolute atomic E-state index is 12.4. The van der Waals surface area contributed by atoms with Gasteiger partial charge in [-0.25, -0.2) is 0 Å². The van der Waals surface area contributed by atoms with Crippen molar-refractivity contribution in [2.75, 3.05) is 13.7 Å². The summed E-state index contributed by atoms with van der Waals surface area (Å²) in [6, 6.07) is 12.8. The first-order valence-electron chi connectivity index (χ1n) is 6.63. The Morgan fingerprint density at radius 2 is 1.90 bits per heavy atom. The van der Waals surface area contributed by atoms with Crippen LogP contribution in [0, 0.1) is 0 Å². The van der Waals surface area contributed by atoms with Crippen LogP contribution in [0.15, 0.2) is 47.3 Å². The Bertz CT molecular complexity index is 680. The minimum absolute atomic E-state index is 0.00577. The van der Waals surface area contributed by atoms with E-state index in [2.05, 4.69) is 0 Å². The Labute approximate surface area is 127 Å². The van der Waals surface area contributed by atoms with E-state index < -0.39 is 5.24 Å². The van der Waals surface area contributed by atoms with Gasteiger partial charge in [0.25, 0.3) is 10.8 Å². The zero-order chi connectivity index (χ0) is 15.2. The molecule has 0 saturated heterocycles. The Balaban J connectivity index is 2.51. The van der Waals surface area contributed by atoms with E-state index in [1.54, 1.807) is 17.7 Å². The van der Waals surface area contributed by atoms with Gasteiger partial charge < -0.3 is 9.30 Å². The second kappa shape index (κ2) is 7.20. The van der Waals surface area contributed by atoms with E-state index in [4.69, 9.17) is 16.3 Å². The first-order valence-corrected chi connectivity index (χ1v) is 7.01. The van der Waals surface area contributed by atoms with Gasteiger partial charge in [0.05, 0.1) is 11.3 Å². The fourth-order valence-electron chi connectivity index (χ4n) is 2.18. The van der Waals surface area contributed by atoms with Crippen LogP contribution in [0.2, 0.25) is 0 Å². The van der Waals surface area contributed by atoms with Crippen LogP contribution in [0.4, 0.5) is 0 Å². The summed E-state index contributed by atoms with van der Waals surface area (Å²) in [5.74, 6) is 0. The van der Waals surface area contributed by atoms with Crippen molar-refractivity contribution >= 4 is 16.8 Å². The van der Waals surface area contributed by atoms with Gasteiger partial charge in [-0.3, -0.25) is 9.59 Å². The standard InChI is InChI=1S/C16H16ClNO3/c1-21-11-5-10-18-14(12-6-3-2-4-7-12)9-8-13(15(17)19)16(18)20/h2-4,6-9H,5,10-11H2,1H3. The van der Waals surface area contributed by atoms with Crippen LogP contribution in [0.25, 0.3) is 11.3 Å². The minimum atomic E-state index is -0.736. The first-order chi connectivity index (χ1) is 10.1. The third-order valence-electron chi connectivity index (χ3n) is 3.19. The molecule has 0 unspecified atom stereocenters. The monoisotopic (exact) mass is 305 g/mol. The van der Waals surface area contributed by atoms with Crippen molar-refractivity contribution < 1.29 is 9.53 Å². The molecule has 0 atom stereocenters. The number of pyridine rings is 1. The molecule has 2 aromatic rings. The number of carbonyl (C=O) groups is 1. The summed E-state index contributed by atoms with van der Waals surface area (Å²) in [4.78, 5) is 23.7. The summed E-state index contributed by atoms with van der Waals surface area (Å²) >= 11 is 5.46. The van der Waals surface area contributed by atoms with Crippen LogP contribution < -0.4 is 5.56 Å². The van der Waals surface area contributed by atoms with Gasteiger partial charge in [-0.05, 0) is 35.7 Å². The maximum atomic E-state index is 12.4. The zero-order valence-electron chi connectivity index (χ0n) is 11.7. The van der Waals surface area contributed by atoms with E-state index in [9.17, 15) is 9.59 Å². The summed E-state index contributed by atoms with van der Waals surface area (Å²) in [6.07, 6.45) is 0.677. The fraction of sp³-hybridized carbons (Fsp3) is 0.250. The maximum Gasteiger partial charge on any atom is 0.263 e. The molecule has 0 bridgehead atoms. The molecule has 0 N–H and O–H groups in total. The number of carbonyl (C=O) groups excluding carboxylic acids is 1. The third kappa shape index (κ3) is 3.60. The smallest absolute Gasteiger partial charge is 0.263 e. The molecule has 0 fully saturated rings. The van der Waals surface area contributed by atoms with E-state index in [1.165, 1.54) is 6.07 Å². The fourth-order valence-corrected chi connectivity index (χ4v) is 2.32. The molecule has 0 aliphatic carbocycles. The predicted molar refractivity (Wildman–Crippen MR) is 82.8 cm³/mol. The Kier molecular flexibility index (Phi) is 5.31. The van der Waals surface area contributed by atoms with Crippen LogP contribution in [-0.4, -0.2) is 23.5 Å². The summed E-state index contributed by atoms with van der Waals surface area (Å²) in [5.41, 5.74) is 1.31. The van der Waals surface area contributed by atoms with Crippen molar-refractivity contribution in [3.05, 3.63) is 58.4 Å². The largest absolute Gasteiger partial charge is 0.385 e. The van der Waals surface area contributed by atoms with Gasteiger partial charge in [-0.15, -0.1) is 0 Å². The van der Waals surface area contributed by atoms with Gasteiger partial charge in [-0.1, -0.05) is 30.3 Å². The van der Waals surface area contributed by atoms with E-state index >= 15 is 0 Å². The lowest BCUT2D eigenvalue weighted by atomic mass is 10.1. The molecular weight excluding hydrogens is 290 g/mol. The molecule has 0 spiro atoms.